The summed E-state index contributed by atoms with van der Waals surface area (Å²) in [5, 5.41) is 1.78. The molecular formula is C10H12O2S. The Hall–Kier alpha value is -1.09. The van der Waals surface area contributed by atoms with Gasteiger partial charge in [0.25, 0.3) is 0 Å². The monoisotopic (exact) mass is 196 g/mol. The zero-order valence-corrected chi connectivity index (χ0v) is 8.56. The third-order valence-corrected chi connectivity index (χ3v) is 2.27. The number of methoxy groups -OCH3 is 2. The zero-order chi connectivity index (χ0) is 9.68. The van der Waals surface area contributed by atoms with Gasteiger partial charge in [0, 0.05) is 4.90 Å². The standard InChI is InChI=1S/C10H12O2S/c1-4-13-8-5-6-9(11-2)10(7-8)12-3/h4-7H,1H2,2-3H3. The van der Waals surface area contributed by atoms with Gasteiger partial charge in [-0.3, -0.25) is 0 Å². The van der Waals surface area contributed by atoms with E-state index in [4.69, 9.17) is 9.47 Å². The van der Waals surface area contributed by atoms with Crippen molar-refractivity contribution < 1.29 is 9.47 Å². The molecule has 0 saturated heterocycles. The summed E-state index contributed by atoms with van der Waals surface area (Å²) in [5.41, 5.74) is 0. The molecule has 0 amide bonds. The van der Waals surface area contributed by atoms with Crippen molar-refractivity contribution >= 4 is 11.8 Å². The fourth-order valence-corrected chi connectivity index (χ4v) is 1.50. The normalized spacial score (nSPS) is 9.38. The quantitative estimate of drug-likeness (QED) is 0.690. The van der Waals surface area contributed by atoms with Gasteiger partial charge in [0.1, 0.15) is 0 Å². The Morgan fingerprint density at radius 3 is 2.46 bits per heavy atom. The molecule has 1 aromatic carbocycles. The fraction of sp³-hybridized carbons (Fsp3) is 0.200. The number of thioether (sulfide) groups is 1. The lowest BCUT2D eigenvalue weighted by atomic mass is 10.3. The van der Waals surface area contributed by atoms with Crippen molar-refractivity contribution in [1.29, 1.82) is 0 Å². The predicted molar refractivity (Wildman–Crippen MR) is 55.6 cm³/mol. The van der Waals surface area contributed by atoms with Gasteiger partial charge in [-0.05, 0) is 23.6 Å². The van der Waals surface area contributed by atoms with E-state index in [1.54, 1.807) is 31.4 Å². The van der Waals surface area contributed by atoms with Gasteiger partial charge in [0.2, 0.25) is 0 Å². The van der Waals surface area contributed by atoms with E-state index in [1.165, 1.54) is 0 Å². The molecule has 0 heterocycles. The molecule has 0 unspecified atom stereocenters. The van der Waals surface area contributed by atoms with Gasteiger partial charge in [-0.25, -0.2) is 0 Å². The van der Waals surface area contributed by atoms with Crippen LogP contribution in [0.3, 0.4) is 0 Å². The van der Waals surface area contributed by atoms with Gasteiger partial charge in [0.05, 0.1) is 14.2 Å². The minimum absolute atomic E-state index is 0.745. The molecule has 1 rings (SSSR count). The Labute approximate surface area is 82.6 Å². The molecule has 0 spiro atoms. The Bertz CT molecular complexity index is 297. The van der Waals surface area contributed by atoms with E-state index in [0.717, 1.165) is 16.4 Å². The molecule has 0 radical (unpaired) electrons. The lowest BCUT2D eigenvalue weighted by molar-refractivity contribution is 0.354. The maximum Gasteiger partial charge on any atom is 0.161 e. The molecule has 0 aliphatic rings. The van der Waals surface area contributed by atoms with Crippen molar-refractivity contribution in [3.63, 3.8) is 0 Å². The lowest BCUT2D eigenvalue weighted by Gasteiger charge is -2.07. The van der Waals surface area contributed by atoms with Crippen LogP contribution in [-0.4, -0.2) is 14.2 Å². The first kappa shape index (κ1) is 9.99. The van der Waals surface area contributed by atoms with Crippen molar-refractivity contribution in [3.05, 3.63) is 30.2 Å². The van der Waals surface area contributed by atoms with Gasteiger partial charge in [-0.2, -0.15) is 0 Å². The highest BCUT2D eigenvalue weighted by atomic mass is 32.2. The molecular weight excluding hydrogens is 184 g/mol. The van der Waals surface area contributed by atoms with Gasteiger partial charge in [-0.1, -0.05) is 18.3 Å². The molecule has 13 heavy (non-hydrogen) atoms. The smallest absolute Gasteiger partial charge is 0.161 e. The second-order valence-corrected chi connectivity index (χ2v) is 3.34. The van der Waals surface area contributed by atoms with Crippen LogP contribution in [-0.2, 0) is 0 Å². The van der Waals surface area contributed by atoms with E-state index in [-0.39, 0.29) is 0 Å². The highest BCUT2D eigenvalue weighted by Crippen LogP contribution is 2.31. The van der Waals surface area contributed by atoms with E-state index >= 15 is 0 Å². The highest BCUT2D eigenvalue weighted by molar-refractivity contribution is 8.02. The third-order valence-electron chi connectivity index (χ3n) is 1.57. The van der Waals surface area contributed by atoms with Crippen LogP contribution < -0.4 is 9.47 Å². The molecule has 0 saturated carbocycles. The Balaban J connectivity index is 2.98. The zero-order valence-electron chi connectivity index (χ0n) is 7.74. The van der Waals surface area contributed by atoms with E-state index in [9.17, 15) is 0 Å². The molecule has 0 bridgehead atoms. The second-order valence-electron chi connectivity index (χ2n) is 2.30. The molecule has 0 aliphatic heterocycles. The van der Waals surface area contributed by atoms with Crippen LogP contribution >= 0.6 is 11.8 Å². The average molecular weight is 196 g/mol. The Kier molecular flexibility index (Phi) is 3.71. The minimum atomic E-state index is 0.745. The molecule has 2 nitrogen and oxygen atoms in total. The molecule has 0 N–H and O–H groups in total. The van der Waals surface area contributed by atoms with Gasteiger partial charge < -0.3 is 9.47 Å². The van der Waals surface area contributed by atoms with Crippen molar-refractivity contribution in [2.24, 2.45) is 0 Å². The van der Waals surface area contributed by atoms with E-state index in [2.05, 4.69) is 6.58 Å². The minimum Gasteiger partial charge on any atom is -0.493 e. The summed E-state index contributed by atoms with van der Waals surface area (Å²) in [6.07, 6.45) is 0. The molecule has 70 valence electrons. The van der Waals surface area contributed by atoms with Gasteiger partial charge in [-0.15, -0.1) is 0 Å². The fourth-order valence-electron chi connectivity index (χ4n) is 0.986. The van der Waals surface area contributed by atoms with Crippen molar-refractivity contribution in [1.82, 2.24) is 0 Å². The molecule has 0 aromatic heterocycles. The van der Waals surface area contributed by atoms with Crippen molar-refractivity contribution in [2.75, 3.05) is 14.2 Å². The number of rotatable bonds is 4. The SMILES string of the molecule is C=CSc1ccc(OC)c(OC)c1. The molecule has 0 fully saturated rings. The number of hydrogen-bond donors (Lipinski definition) is 0. The van der Waals surface area contributed by atoms with Crippen LogP contribution in [0.25, 0.3) is 0 Å². The van der Waals surface area contributed by atoms with Crippen molar-refractivity contribution in [3.8, 4) is 11.5 Å². The maximum atomic E-state index is 5.15. The summed E-state index contributed by atoms with van der Waals surface area (Å²) in [7, 11) is 3.25. The van der Waals surface area contributed by atoms with Crippen LogP contribution in [0.2, 0.25) is 0 Å². The lowest BCUT2D eigenvalue weighted by Crippen LogP contribution is -1.89. The first-order valence-corrected chi connectivity index (χ1v) is 4.69. The third kappa shape index (κ3) is 2.42. The molecule has 3 heteroatoms. The number of ether oxygens (including phenoxy) is 2. The predicted octanol–water partition coefficient (Wildman–Crippen LogP) is 2.94. The topological polar surface area (TPSA) is 18.5 Å². The highest BCUT2D eigenvalue weighted by Gasteiger charge is 2.03. The Morgan fingerprint density at radius 1 is 1.23 bits per heavy atom. The molecule has 0 atom stereocenters. The van der Waals surface area contributed by atoms with E-state index < -0.39 is 0 Å². The summed E-state index contributed by atoms with van der Waals surface area (Å²) in [6.45, 7) is 3.64. The number of hydrogen-bond acceptors (Lipinski definition) is 3. The van der Waals surface area contributed by atoms with Crippen LogP contribution in [0.5, 0.6) is 11.5 Å². The summed E-state index contributed by atoms with van der Waals surface area (Å²) in [6, 6.07) is 5.77. The van der Waals surface area contributed by atoms with E-state index in [1.807, 2.05) is 18.2 Å². The van der Waals surface area contributed by atoms with E-state index in [0.29, 0.717) is 0 Å². The summed E-state index contributed by atoms with van der Waals surface area (Å²) >= 11 is 1.55. The second kappa shape index (κ2) is 4.82. The van der Waals surface area contributed by atoms with Crippen LogP contribution in [0.1, 0.15) is 0 Å². The molecule has 1 aromatic rings. The first-order valence-electron chi connectivity index (χ1n) is 3.81. The van der Waals surface area contributed by atoms with Crippen LogP contribution in [0, 0.1) is 0 Å². The Morgan fingerprint density at radius 2 is 1.92 bits per heavy atom. The van der Waals surface area contributed by atoms with Gasteiger partial charge in [0.15, 0.2) is 11.5 Å². The first-order chi connectivity index (χ1) is 6.31. The summed E-state index contributed by atoms with van der Waals surface area (Å²) in [5.74, 6) is 1.49. The average Bonchev–Trinajstić information content (AvgIpc) is 2.18. The van der Waals surface area contributed by atoms with Gasteiger partial charge >= 0.3 is 0 Å². The molecule has 0 aliphatic carbocycles. The summed E-state index contributed by atoms with van der Waals surface area (Å²) in [4.78, 5) is 1.09. The van der Waals surface area contributed by atoms with Crippen LogP contribution in [0.4, 0.5) is 0 Å². The van der Waals surface area contributed by atoms with Crippen molar-refractivity contribution in [2.45, 2.75) is 4.90 Å². The largest absolute Gasteiger partial charge is 0.493 e. The number of benzene rings is 1. The summed E-state index contributed by atoms with van der Waals surface area (Å²) < 4.78 is 10.3. The van der Waals surface area contributed by atoms with Crippen LogP contribution in [0.15, 0.2) is 35.1 Å². The maximum absolute atomic E-state index is 5.15.